The maximum absolute atomic E-state index is 13.2. The van der Waals surface area contributed by atoms with Crippen LogP contribution in [0.4, 0.5) is 0 Å². The molecule has 1 aromatic carbocycles. The first kappa shape index (κ1) is 21.4. The SMILES string of the molecule is Cn1c(SCC(=O)N2N=C(c3ccc(Cl)cc3)CC2c2ccco2)nnc1-c1cccnc1. The van der Waals surface area contributed by atoms with E-state index in [1.807, 2.05) is 60.1 Å². The van der Waals surface area contributed by atoms with Gasteiger partial charge in [0.05, 0.1) is 17.7 Å². The normalized spacial score (nSPS) is 15.6. The average molecular weight is 479 g/mol. The minimum absolute atomic E-state index is 0.142. The van der Waals surface area contributed by atoms with Crippen molar-refractivity contribution < 1.29 is 9.21 Å². The summed E-state index contributed by atoms with van der Waals surface area (Å²) in [6.07, 6.45) is 5.60. The molecule has 4 aromatic rings. The molecule has 0 bridgehead atoms. The van der Waals surface area contributed by atoms with E-state index in [4.69, 9.17) is 16.0 Å². The lowest BCUT2D eigenvalue weighted by Crippen LogP contribution is -2.28. The molecule has 0 spiro atoms. The van der Waals surface area contributed by atoms with E-state index in [2.05, 4.69) is 20.3 Å². The molecule has 0 radical (unpaired) electrons. The number of hydrogen-bond donors (Lipinski definition) is 0. The molecule has 0 fully saturated rings. The van der Waals surface area contributed by atoms with Crippen molar-refractivity contribution in [3.05, 3.63) is 83.5 Å². The average Bonchev–Trinajstić information content (AvgIpc) is 3.59. The summed E-state index contributed by atoms with van der Waals surface area (Å²) in [6, 6.07) is 14.6. The van der Waals surface area contributed by atoms with Crippen LogP contribution in [0.25, 0.3) is 11.4 Å². The van der Waals surface area contributed by atoms with E-state index in [1.165, 1.54) is 16.8 Å². The van der Waals surface area contributed by atoms with E-state index in [1.54, 1.807) is 18.7 Å². The third kappa shape index (κ3) is 4.42. The summed E-state index contributed by atoms with van der Waals surface area (Å²) < 4.78 is 7.46. The van der Waals surface area contributed by atoms with Gasteiger partial charge in [0.2, 0.25) is 0 Å². The Hall–Kier alpha value is -3.43. The number of benzene rings is 1. The zero-order chi connectivity index (χ0) is 22.8. The lowest BCUT2D eigenvalue weighted by Gasteiger charge is -2.19. The van der Waals surface area contributed by atoms with Gasteiger partial charge in [-0.1, -0.05) is 35.5 Å². The number of halogens is 1. The Morgan fingerprint density at radius 1 is 1.15 bits per heavy atom. The quantitative estimate of drug-likeness (QED) is 0.376. The molecule has 0 saturated carbocycles. The second-order valence-corrected chi connectivity index (χ2v) is 8.80. The third-order valence-corrected chi connectivity index (χ3v) is 6.55. The Labute approximate surface area is 199 Å². The highest BCUT2D eigenvalue weighted by Gasteiger charge is 2.35. The van der Waals surface area contributed by atoms with Crippen molar-refractivity contribution in [1.82, 2.24) is 24.8 Å². The zero-order valence-electron chi connectivity index (χ0n) is 17.6. The standard InChI is InChI=1S/C23H19ClN6O2S/c1-29-22(16-4-2-10-25-13-16)26-27-23(29)33-14-21(31)30-19(20-5-3-11-32-20)12-18(28-30)15-6-8-17(24)9-7-15/h2-11,13,19H,12,14H2,1H3. The van der Waals surface area contributed by atoms with Gasteiger partial charge in [-0.15, -0.1) is 10.2 Å². The maximum atomic E-state index is 13.2. The fraction of sp³-hybridized carbons (Fsp3) is 0.174. The van der Waals surface area contributed by atoms with Crippen LogP contribution >= 0.6 is 23.4 Å². The first-order valence-corrected chi connectivity index (χ1v) is 11.6. The largest absolute Gasteiger partial charge is 0.467 e. The number of nitrogens with zero attached hydrogens (tertiary/aromatic N) is 6. The number of amides is 1. The summed E-state index contributed by atoms with van der Waals surface area (Å²) in [6.45, 7) is 0. The number of pyridine rings is 1. The van der Waals surface area contributed by atoms with Gasteiger partial charge in [0.1, 0.15) is 11.8 Å². The number of aromatic nitrogens is 4. The number of hydrazone groups is 1. The van der Waals surface area contributed by atoms with Crippen LogP contribution in [0.3, 0.4) is 0 Å². The molecule has 4 heterocycles. The number of carbonyl (C=O) groups excluding carboxylic acids is 1. The van der Waals surface area contributed by atoms with Crippen LogP contribution in [0.2, 0.25) is 5.02 Å². The van der Waals surface area contributed by atoms with Crippen LogP contribution < -0.4 is 0 Å². The smallest absolute Gasteiger partial charge is 0.253 e. The second-order valence-electron chi connectivity index (χ2n) is 7.42. The molecule has 0 N–H and O–H groups in total. The van der Waals surface area contributed by atoms with Crippen molar-refractivity contribution >= 4 is 35.0 Å². The maximum Gasteiger partial charge on any atom is 0.253 e. The number of furan rings is 1. The summed E-state index contributed by atoms with van der Waals surface area (Å²) in [5, 5.41) is 15.9. The second kappa shape index (κ2) is 9.21. The van der Waals surface area contributed by atoms with Crippen molar-refractivity contribution in [2.75, 3.05) is 5.75 Å². The molecule has 0 aliphatic carbocycles. The predicted octanol–water partition coefficient (Wildman–Crippen LogP) is 4.59. The van der Waals surface area contributed by atoms with Gasteiger partial charge in [-0.25, -0.2) is 5.01 Å². The number of rotatable bonds is 6. The predicted molar refractivity (Wildman–Crippen MR) is 126 cm³/mol. The molecule has 1 amide bonds. The van der Waals surface area contributed by atoms with Gasteiger partial charge >= 0.3 is 0 Å². The number of thioether (sulfide) groups is 1. The lowest BCUT2D eigenvalue weighted by molar-refractivity contribution is -0.130. The van der Waals surface area contributed by atoms with Crippen LogP contribution in [0.1, 0.15) is 23.8 Å². The van der Waals surface area contributed by atoms with Crippen LogP contribution in [-0.2, 0) is 11.8 Å². The third-order valence-electron chi connectivity index (χ3n) is 5.29. The highest BCUT2D eigenvalue weighted by molar-refractivity contribution is 7.99. The molecular weight excluding hydrogens is 460 g/mol. The molecule has 1 aliphatic heterocycles. The number of hydrogen-bond acceptors (Lipinski definition) is 7. The molecule has 166 valence electrons. The number of carbonyl (C=O) groups is 1. The van der Waals surface area contributed by atoms with E-state index in [0.717, 1.165) is 16.8 Å². The molecule has 10 heteroatoms. The molecule has 1 atom stereocenters. The molecule has 8 nitrogen and oxygen atoms in total. The molecule has 3 aromatic heterocycles. The van der Waals surface area contributed by atoms with Crippen LogP contribution in [0.5, 0.6) is 0 Å². The molecule has 33 heavy (non-hydrogen) atoms. The molecular formula is C23H19ClN6O2S. The topological polar surface area (TPSA) is 89.4 Å². The van der Waals surface area contributed by atoms with Crippen molar-refractivity contribution in [2.45, 2.75) is 17.6 Å². The van der Waals surface area contributed by atoms with Crippen LogP contribution in [0, 0.1) is 0 Å². The Kier molecular flexibility index (Phi) is 5.97. The van der Waals surface area contributed by atoms with E-state index in [9.17, 15) is 4.79 Å². The van der Waals surface area contributed by atoms with Crippen molar-refractivity contribution in [3.8, 4) is 11.4 Å². The van der Waals surface area contributed by atoms with Gasteiger partial charge in [-0.05, 0) is 42.0 Å². The zero-order valence-corrected chi connectivity index (χ0v) is 19.2. The summed E-state index contributed by atoms with van der Waals surface area (Å²) in [5.41, 5.74) is 2.59. The van der Waals surface area contributed by atoms with Crippen LogP contribution in [-0.4, -0.2) is 42.1 Å². The van der Waals surface area contributed by atoms with Gasteiger partial charge < -0.3 is 8.98 Å². The Bertz CT molecular complexity index is 1290. The van der Waals surface area contributed by atoms with Crippen molar-refractivity contribution in [3.63, 3.8) is 0 Å². The highest BCUT2D eigenvalue weighted by atomic mass is 35.5. The Morgan fingerprint density at radius 2 is 2.00 bits per heavy atom. The van der Waals surface area contributed by atoms with Gasteiger partial charge in [-0.2, -0.15) is 5.10 Å². The van der Waals surface area contributed by atoms with E-state index in [0.29, 0.717) is 28.2 Å². The lowest BCUT2D eigenvalue weighted by atomic mass is 10.0. The first-order valence-electron chi connectivity index (χ1n) is 10.2. The van der Waals surface area contributed by atoms with E-state index < -0.39 is 0 Å². The highest BCUT2D eigenvalue weighted by Crippen LogP contribution is 2.34. The molecule has 1 aliphatic rings. The van der Waals surface area contributed by atoms with Crippen molar-refractivity contribution in [2.24, 2.45) is 12.1 Å². The minimum atomic E-state index is -0.302. The van der Waals surface area contributed by atoms with Gasteiger partial charge in [0.15, 0.2) is 11.0 Å². The minimum Gasteiger partial charge on any atom is -0.467 e. The molecule has 5 rings (SSSR count). The first-order chi connectivity index (χ1) is 16.1. The van der Waals surface area contributed by atoms with E-state index in [-0.39, 0.29) is 17.7 Å². The van der Waals surface area contributed by atoms with Gasteiger partial charge in [0, 0.05) is 36.4 Å². The summed E-state index contributed by atoms with van der Waals surface area (Å²) in [4.78, 5) is 17.3. The van der Waals surface area contributed by atoms with Crippen LogP contribution in [0.15, 0.2) is 81.9 Å². The van der Waals surface area contributed by atoms with Gasteiger partial charge in [-0.3, -0.25) is 9.78 Å². The van der Waals surface area contributed by atoms with Crippen molar-refractivity contribution in [1.29, 1.82) is 0 Å². The monoisotopic (exact) mass is 478 g/mol. The van der Waals surface area contributed by atoms with Gasteiger partial charge in [0.25, 0.3) is 5.91 Å². The summed E-state index contributed by atoms with van der Waals surface area (Å²) in [5.74, 6) is 1.40. The van der Waals surface area contributed by atoms with E-state index >= 15 is 0 Å². The summed E-state index contributed by atoms with van der Waals surface area (Å²) >= 11 is 7.34. The molecule has 1 unspecified atom stereocenters. The fourth-order valence-electron chi connectivity index (χ4n) is 3.64. The summed E-state index contributed by atoms with van der Waals surface area (Å²) in [7, 11) is 1.87. The molecule has 0 saturated heterocycles. The Balaban J connectivity index is 1.35. The Morgan fingerprint density at radius 3 is 2.73 bits per heavy atom. The fourth-order valence-corrected chi connectivity index (χ4v) is 4.53.